The van der Waals surface area contributed by atoms with Crippen LogP contribution in [0.15, 0.2) is 48.5 Å². The molecule has 2 atom stereocenters. The van der Waals surface area contributed by atoms with Gasteiger partial charge in [-0.1, -0.05) is 41.9 Å². The fraction of sp³-hybridized carbons (Fsp3) is 0.350. The van der Waals surface area contributed by atoms with Gasteiger partial charge in [0.2, 0.25) is 0 Å². The average Bonchev–Trinajstić information content (AvgIpc) is 3.05. The van der Waals surface area contributed by atoms with Crippen LogP contribution in [0.1, 0.15) is 18.1 Å². The highest BCUT2D eigenvalue weighted by atomic mass is 35.5. The van der Waals surface area contributed by atoms with E-state index in [0.717, 1.165) is 11.6 Å². The number of halogens is 2. The lowest BCUT2D eigenvalue weighted by Gasteiger charge is -2.26. The van der Waals surface area contributed by atoms with Crippen LogP contribution in [0.4, 0.5) is 4.39 Å². The molecule has 28 heavy (non-hydrogen) atoms. The molecule has 0 unspecified atom stereocenters. The highest BCUT2D eigenvalue weighted by molar-refractivity contribution is 6.30. The van der Waals surface area contributed by atoms with E-state index in [1.54, 1.807) is 11.8 Å². The van der Waals surface area contributed by atoms with Crippen LogP contribution < -0.4 is 0 Å². The number of hydrogen-bond donors (Lipinski definition) is 0. The van der Waals surface area contributed by atoms with Crippen molar-refractivity contribution < 1.29 is 18.8 Å². The predicted molar refractivity (Wildman–Crippen MR) is 102 cm³/mol. The molecule has 0 N–H and O–H groups in total. The lowest BCUT2D eigenvalue weighted by atomic mass is 9.80. The molecule has 2 aromatic carbocycles. The van der Waals surface area contributed by atoms with Gasteiger partial charge in [-0.05, 0) is 30.7 Å². The number of ether oxygens (including phenoxy) is 1. The van der Waals surface area contributed by atoms with Crippen LogP contribution in [-0.4, -0.2) is 35.5 Å². The van der Waals surface area contributed by atoms with Gasteiger partial charge in [-0.2, -0.15) is 0 Å². The number of nitrogens with zero attached hydrogens (tertiary/aromatic N) is 2. The van der Waals surface area contributed by atoms with Gasteiger partial charge in [0.15, 0.2) is 0 Å². The van der Waals surface area contributed by atoms with Gasteiger partial charge in [0.05, 0.1) is 18.7 Å². The van der Waals surface area contributed by atoms with Gasteiger partial charge in [0, 0.05) is 23.0 Å². The maximum Gasteiger partial charge on any atom is 0.318 e. The summed E-state index contributed by atoms with van der Waals surface area (Å²) in [6.45, 7) is 2.06. The fourth-order valence-electron chi connectivity index (χ4n) is 3.78. The number of nitro groups is 1. The van der Waals surface area contributed by atoms with E-state index in [-0.39, 0.29) is 30.3 Å². The Kier molecular flexibility index (Phi) is 5.96. The Hall–Kier alpha value is -2.51. The summed E-state index contributed by atoms with van der Waals surface area (Å²) < 4.78 is 19.8. The van der Waals surface area contributed by atoms with E-state index in [0.29, 0.717) is 6.54 Å². The van der Waals surface area contributed by atoms with Crippen molar-refractivity contribution in [3.63, 3.8) is 0 Å². The first-order valence-corrected chi connectivity index (χ1v) is 9.29. The standard InChI is InChI=1S/C20H20ClFN2O4/c1-2-28-19(25)17-12-23(11-14-6-4-3-5-7-14)13-20(17,24(26)27)16-10-15(21)8-9-18(16)22/h3-10,17H,2,11-13H2,1H3/t17-,20-/m1/s1. The fourth-order valence-corrected chi connectivity index (χ4v) is 3.96. The first-order chi connectivity index (χ1) is 13.4. The van der Waals surface area contributed by atoms with E-state index in [1.165, 1.54) is 12.1 Å². The molecule has 0 saturated carbocycles. The minimum Gasteiger partial charge on any atom is -0.466 e. The molecular formula is C20H20ClFN2O4. The van der Waals surface area contributed by atoms with Crippen molar-refractivity contribution in [2.45, 2.75) is 19.0 Å². The molecule has 0 bridgehead atoms. The first kappa shape index (κ1) is 20.2. The lowest BCUT2D eigenvalue weighted by Crippen LogP contribution is -2.47. The molecule has 0 spiro atoms. The number of hydrogen-bond acceptors (Lipinski definition) is 5. The van der Waals surface area contributed by atoms with Crippen molar-refractivity contribution in [2.75, 3.05) is 19.7 Å². The van der Waals surface area contributed by atoms with E-state index in [2.05, 4.69) is 0 Å². The number of rotatable bonds is 6. The van der Waals surface area contributed by atoms with Crippen molar-refractivity contribution in [1.29, 1.82) is 0 Å². The summed E-state index contributed by atoms with van der Waals surface area (Å²) in [5.41, 5.74) is -1.23. The second-order valence-corrected chi connectivity index (χ2v) is 7.20. The molecule has 0 aromatic heterocycles. The number of carbonyl (C=O) groups is 1. The van der Waals surface area contributed by atoms with Gasteiger partial charge in [-0.25, -0.2) is 4.39 Å². The van der Waals surface area contributed by atoms with Gasteiger partial charge >= 0.3 is 5.97 Å². The molecule has 148 valence electrons. The van der Waals surface area contributed by atoms with Crippen molar-refractivity contribution >= 4 is 17.6 Å². The normalized spacial score (nSPS) is 22.2. The summed E-state index contributed by atoms with van der Waals surface area (Å²) in [4.78, 5) is 26.1. The van der Waals surface area contributed by atoms with E-state index in [9.17, 15) is 19.3 Å². The zero-order valence-corrected chi connectivity index (χ0v) is 16.1. The third-order valence-corrected chi connectivity index (χ3v) is 5.26. The van der Waals surface area contributed by atoms with Gasteiger partial charge in [0.25, 0.3) is 5.54 Å². The Morgan fingerprint density at radius 1 is 1.36 bits per heavy atom. The van der Waals surface area contributed by atoms with E-state index in [1.807, 2.05) is 30.3 Å². The molecule has 3 rings (SSSR count). The Balaban J connectivity index is 2.06. The number of esters is 1. The highest BCUT2D eigenvalue weighted by Gasteiger charge is 2.63. The molecule has 0 aliphatic carbocycles. The number of benzene rings is 2. The Labute approximate surface area is 167 Å². The van der Waals surface area contributed by atoms with Crippen LogP contribution in [0.2, 0.25) is 5.02 Å². The lowest BCUT2D eigenvalue weighted by molar-refractivity contribution is -0.582. The second-order valence-electron chi connectivity index (χ2n) is 6.77. The monoisotopic (exact) mass is 406 g/mol. The molecule has 8 heteroatoms. The first-order valence-electron chi connectivity index (χ1n) is 8.91. The Bertz CT molecular complexity index is 880. The summed E-state index contributed by atoms with van der Waals surface area (Å²) in [5, 5.41) is 12.4. The minimum absolute atomic E-state index is 0.0832. The molecule has 1 aliphatic heterocycles. The van der Waals surface area contributed by atoms with E-state index >= 15 is 0 Å². The smallest absolute Gasteiger partial charge is 0.318 e. The summed E-state index contributed by atoms with van der Waals surface area (Å²) in [6, 6.07) is 13.0. The molecule has 1 aliphatic rings. The maximum absolute atomic E-state index is 14.7. The van der Waals surface area contributed by atoms with Crippen LogP contribution in [0, 0.1) is 21.8 Å². The zero-order valence-electron chi connectivity index (χ0n) is 15.3. The SMILES string of the molecule is CCOC(=O)[C@H]1CN(Cc2ccccc2)C[C@]1(c1cc(Cl)ccc1F)[N+](=O)[O-]. The summed E-state index contributed by atoms with van der Waals surface area (Å²) in [6.07, 6.45) is 0. The molecular weight excluding hydrogens is 387 g/mol. The molecule has 2 aromatic rings. The molecule has 1 heterocycles. The summed E-state index contributed by atoms with van der Waals surface area (Å²) in [7, 11) is 0. The van der Waals surface area contributed by atoms with Crippen molar-refractivity contribution in [2.24, 2.45) is 5.92 Å². The highest BCUT2D eigenvalue weighted by Crippen LogP contribution is 2.43. The molecule has 6 nitrogen and oxygen atoms in total. The third-order valence-electron chi connectivity index (χ3n) is 5.02. The van der Waals surface area contributed by atoms with E-state index in [4.69, 9.17) is 16.3 Å². The summed E-state index contributed by atoms with van der Waals surface area (Å²) in [5.74, 6) is -2.63. The van der Waals surface area contributed by atoms with Crippen molar-refractivity contribution in [1.82, 2.24) is 4.90 Å². The van der Waals surface area contributed by atoms with Crippen LogP contribution in [-0.2, 0) is 21.6 Å². The van der Waals surface area contributed by atoms with Crippen molar-refractivity contribution in [3.05, 3.63) is 80.6 Å². The topological polar surface area (TPSA) is 72.7 Å². The van der Waals surface area contributed by atoms with Crippen LogP contribution in [0.5, 0.6) is 0 Å². The minimum atomic E-state index is -1.98. The van der Waals surface area contributed by atoms with Crippen LogP contribution >= 0.6 is 11.6 Å². The average molecular weight is 407 g/mol. The van der Waals surface area contributed by atoms with Gasteiger partial charge < -0.3 is 4.74 Å². The Morgan fingerprint density at radius 2 is 2.07 bits per heavy atom. The van der Waals surface area contributed by atoms with Crippen molar-refractivity contribution in [3.8, 4) is 0 Å². The molecule has 1 saturated heterocycles. The summed E-state index contributed by atoms with van der Waals surface area (Å²) >= 11 is 6.00. The van der Waals surface area contributed by atoms with Gasteiger partial charge in [-0.15, -0.1) is 0 Å². The van der Waals surface area contributed by atoms with Gasteiger partial charge in [0.1, 0.15) is 11.7 Å². The van der Waals surface area contributed by atoms with Crippen LogP contribution in [0.25, 0.3) is 0 Å². The second kappa shape index (κ2) is 8.24. The maximum atomic E-state index is 14.7. The number of likely N-dealkylation sites (tertiary alicyclic amines) is 1. The Morgan fingerprint density at radius 3 is 2.71 bits per heavy atom. The van der Waals surface area contributed by atoms with Gasteiger partial charge in [-0.3, -0.25) is 19.8 Å². The van der Waals surface area contributed by atoms with Crippen LogP contribution in [0.3, 0.4) is 0 Å². The quantitative estimate of drug-likeness (QED) is 0.416. The predicted octanol–water partition coefficient (Wildman–Crippen LogP) is 3.65. The molecule has 1 fully saturated rings. The third kappa shape index (κ3) is 3.72. The molecule has 0 radical (unpaired) electrons. The largest absolute Gasteiger partial charge is 0.466 e. The molecule has 0 amide bonds. The van der Waals surface area contributed by atoms with E-state index < -0.39 is 28.2 Å². The number of carbonyl (C=O) groups excluding carboxylic acids is 1. The zero-order chi connectivity index (χ0) is 20.3.